The number of nitrogens with two attached hydrogens (primary N) is 1. The van der Waals surface area contributed by atoms with Crippen LogP contribution in [0.3, 0.4) is 0 Å². The van der Waals surface area contributed by atoms with Crippen molar-refractivity contribution >= 4 is 11.6 Å². The lowest BCUT2D eigenvalue weighted by Crippen LogP contribution is -2.37. The number of primary amides is 1. The zero-order valence-electron chi connectivity index (χ0n) is 11.2. The first-order valence-electron chi connectivity index (χ1n) is 6.36. The van der Waals surface area contributed by atoms with Crippen molar-refractivity contribution in [2.45, 2.75) is 26.4 Å². The molecular formula is C14H19FN2O2. The molecule has 2 atom stereocenters. The van der Waals surface area contributed by atoms with Gasteiger partial charge in [-0.05, 0) is 38.0 Å². The Morgan fingerprint density at radius 3 is 2.74 bits per heavy atom. The Kier molecular flexibility index (Phi) is 3.49. The lowest BCUT2D eigenvalue weighted by Gasteiger charge is -2.23. The van der Waals surface area contributed by atoms with Gasteiger partial charge in [0.25, 0.3) is 0 Å². The standard InChI is InChI=1S/C14H19FN2O2/c1-9(18)10-3-4-12(11(15)7-10)17-6-5-14(2,8-17)13(16)19/h3-4,7,9,18H,5-6,8H2,1-2H3,(H2,16,19)/t9-,14?/m1/s1. The second-order valence-corrected chi connectivity index (χ2v) is 5.48. The topological polar surface area (TPSA) is 66.6 Å². The summed E-state index contributed by atoms with van der Waals surface area (Å²) in [7, 11) is 0. The Morgan fingerprint density at radius 2 is 2.26 bits per heavy atom. The van der Waals surface area contributed by atoms with E-state index in [9.17, 15) is 14.3 Å². The maximum absolute atomic E-state index is 14.0. The summed E-state index contributed by atoms with van der Waals surface area (Å²) in [6.45, 7) is 4.42. The van der Waals surface area contributed by atoms with Crippen LogP contribution in [0.15, 0.2) is 18.2 Å². The molecule has 1 fully saturated rings. The Balaban J connectivity index is 2.23. The number of halogens is 1. The van der Waals surface area contributed by atoms with E-state index in [1.807, 2.05) is 4.90 Å². The van der Waals surface area contributed by atoms with Crippen LogP contribution in [0.5, 0.6) is 0 Å². The maximum Gasteiger partial charge on any atom is 0.225 e. The van der Waals surface area contributed by atoms with Gasteiger partial charge >= 0.3 is 0 Å². The monoisotopic (exact) mass is 266 g/mol. The molecule has 5 heteroatoms. The van der Waals surface area contributed by atoms with Gasteiger partial charge in [0.15, 0.2) is 0 Å². The van der Waals surface area contributed by atoms with E-state index in [2.05, 4.69) is 0 Å². The van der Waals surface area contributed by atoms with Gasteiger partial charge < -0.3 is 15.7 Å². The first kappa shape index (κ1) is 13.8. The molecule has 0 aromatic heterocycles. The Morgan fingerprint density at radius 1 is 1.58 bits per heavy atom. The highest BCUT2D eigenvalue weighted by atomic mass is 19.1. The molecule has 1 aromatic carbocycles. The summed E-state index contributed by atoms with van der Waals surface area (Å²) in [5.74, 6) is -0.733. The van der Waals surface area contributed by atoms with Crippen molar-refractivity contribution in [3.05, 3.63) is 29.6 Å². The van der Waals surface area contributed by atoms with Crippen LogP contribution in [-0.4, -0.2) is 24.1 Å². The molecule has 1 saturated heterocycles. The predicted octanol–water partition coefficient (Wildman–Crippen LogP) is 1.58. The largest absolute Gasteiger partial charge is 0.389 e. The fourth-order valence-electron chi connectivity index (χ4n) is 2.41. The summed E-state index contributed by atoms with van der Waals surface area (Å²) >= 11 is 0. The summed E-state index contributed by atoms with van der Waals surface area (Å²) in [5.41, 5.74) is 5.77. The first-order chi connectivity index (χ1) is 8.83. The van der Waals surface area contributed by atoms with Gasteiger partial charge in [-0.2, -0.15) is 0 Å². The van der Waals surface area contributed by atoms with Crippen molar-refractivity contribution in [2.75, 3.05) is 18.0 Å². The second-order valence-electron chi connectivity index (χ2n) is 5.48. The molecule has 1 aliphatic heterocycles. The molecule has 0 radical (unpaired) electrons. The van der Waals surface area contributed by atoms with E-state index in [-0.39, 0.29) is 11.7 Å². The van der Waals surface area contributed by atoms with E-state index in [0.29, 0.717) is 30.8 Å². The first-order valence-corrected chi connectivity index (χ1v) is 6.36. The van der Waals surface area contributed by atoms with Gasteiger partial charge in [0, 0.05) is 13.1 Å². The van der Waals surface area contributed by atoms with Crippen LogP contribution >= 0.6 is 0 Å². The van der Waals surface area contributed by atoms with E-state index in [4.69, 9.17) is 5.73 Å². The molecule has 19 heavy (non-hydrogen) atoms. The van der Waals surface area contributed by atoms with E-state index in [0.717, 1.165) is 0 Å². The van der Waals surface area contributed by atoms with Crippen LogP contribution in [0.4, 0.5) is 10.1 Å². The van der Waals surface area contributed by atoms with E-state index < -0.39 is 11.5 Å². The fourth-order valence-corrected chi connectivity index (χ4v) is 2.41. The number of carbonyl (C=O) groups excluding carboxylic acids is 1. The third-order valence-corrected chi connectivity index (χ3v) is 3.86. The van der Waals surface area contributed by atoms with Crippen LogP contribution in [0.25, 0.3) is 0 Å². The van der Waals surface area contributed by atoms with Gasteiger partial charge in [0.1, 0.15) is 5.82 Å². The van der Waals surface area contributed by atoms with Crippen molar-refractivity contribution in [3.8, 4) is 0 Å². The molecule has 1 unspecified atom stereocenters. The Bertz CT molecular complexity index is 504. The lowest BCUT2D eigenvalue weighted by molar-refractivity contribution is -0.125. The van der Waals surface area contributed by atoms with Crippen molar-refractivity contribution in [3.63, 3.8) is 0 Å². The van der Waals surface area contributed by atoms with Gasteiger partial charge in [-0.1, -0.05) is 6.07 Å². The Hall–Kier alpha value is -1.62. The van der Waals surface area contributed by atoms with E-state index >= 15 is 0 Å². The summed E-state index contributed by atoms with van der Waals surface area (Å²) in [5, 5.41) is 9.42. The molecule has 0 aliphatic carbocycles. The zero-order valence-corrected chi connectivity index (χ0v) is 11.2. The average Bonchev–Trinajstić information content (AvgIpc) is 2.73. The highest BCUT2D eigenvalue weighted by molar-refractivity contribution is 5.82. The average molecular weight is 266 g/mol. The van der Waals surface area contributed by atoms with Crippen LogP contribution in [0.2, 0.25) is 0 Å². The molecule has 0 saturated carbocycles. The van der Waals surface area contributed by atoms with Gasteiger partial charge in [0.05, 0.1) is 17.2 Å². The number of amides is 1. The molecule has 1 heterocycles. The van der Waals surface area contributed by atoms with Gasteiger partial charge in [-0.25, -0.2) is 4.39 Å². The minimum absolute atomic E-state index is 0.351. The molecule has 4 nitrogen and oxygen atoms in total. The maximum atomic E-state index is 14.0. The molecule has 0 spiro atoms. The highest BCUT2D eigenvalue weighted by Crippen LogP contribution is 2.34. The molecular weight excluding hydrogens is 247 g/mol. The minimum Gasteiger partial charge on any atom is -0.389 e. The van der Waals surface area contributed by atoms with Gasteiger partial charge in [0.2, 0.25) is 5.91 Å². The zero-order chi connectivity index (χ0) is 14.2. The SMILES string of the molecule is C[C@@H](O)c1ccc(N2CCC(C)(C(N)=O)C2)c(F)c1. The molecule has 0 bridgehead atoms. The van der Waals surface area contributed by atoms with Crippen LogP contribution in [0.1, 0.15) is 31.9 Å². The molecule has 1 aliphatic rings. The second kappa shape index (κ2) is 4.81. The number of benzene rings is 1. The Labute approximate surface area is 112 Å². The van der Waals surface area contributed by atoms with Crippen molar-refractivity contribution in [2.24, 2.45) is 11.1 Å². The fraction of sp³-hybridized carbons (Fsp3) is 0.500. The number of aliphatic hydroxyl groups excluding tert-OH is 1. The van der Waals surface area contributed by atoms with Crippen LogP contribution < -0.4 is 10.6 Å². The van der Waals surface area contributed by atoms with Crippen molar-refractivity contribution in [1.29, 1.82) is 0 Å². The number of carbonyl (C=O) groups is 1. The number of aliphatic hydroxyl groups is 1. The smallest absolute Gasteiger partial charge is 0.225 e. The number of nitrogens with zero attached hydrogens (tertiary/aromatic N) is 1. The van der Waals surface area contributed by atoms with Crippen molar-refractivity contribution < 1.29 is 14.3 Å². The number of anilines is 1. The number of rotatable bonds is 3. The summed E-state index contributed by atoms with van der Waals surface area (Å²) in [6.07, 6.45) is -0.0714. The van der Waals surface area contributed by atoms with Gasteiger partial charge in [-0.3, -0.25) is 4.79 Å². The summed E-state index contributed by atoms with van der Waals surface area (Å²) in [4.78, 5) is 13.2. The summed E-state index contributed by atoms with van der Waals surface area (Å²) < 4.78 is 14.0. The van der Waals surface area contributed by atoms with Crippen molar-refractivity contribution in [1.82, 2.24) is 0 Å². The molecule has 104 valence electrons. The molecule has 1 amide bonds. The molecule has 2 rings (SSSR count). The van der Waals surface area contributed by atoms with E-state index in [1.165, 1.54) is 6.07 Å². The van der Waals surface area contributed by atoms with Gasteiger partial charge in [-0.15, -0.1) is 0 Å². The molecule has 1 aromatic rings. The number of hydrogen-bond donors (Lipinski definition) is 2. The third kappa shape index (κ3) is 2.56. The third-order valence-electron chi connectivity index (χ3n) is 3.86. The normalized spacial score (nSPS) is 24.5. The number of hydrogen-bond acceptors (Lipinski definition) is 3. The van der Waals surface area contributed by atoms with Crippen LogP contribution in [-0.2, 0) is 4.79 Å². The predicted molar refractivity (Wildman–Crippen MR) is 71.2 cm³/mol. The minimum atomic E-state index is -0.696. The van der Waals surface area contributed by atoms with Crippen LogP contribution in [0, 0.1) is 11.2 Å². The quantitative estimate of drug-likeness (QED) is 0.873. The summed E-state index contributed by atoms with van der Waals surface area (Å²) in [6, 6.07) is 4.67. The molecule has 3 N–H and O–H groups in total. The lowest BCUT2D eigenvalue weighted by atomic mass is 9.89. The van der Waals surface area contributed by atoms with E-state index in [1.54, 1.807) is 26.0 Å². The highest BCUT2D eigenvalue weighted by Gasteiger charge is 2.39.